The molecule has 1 fully saturated rings. The van der Waals surface area contributed by atoms with Gasteiger partial charge in [0.2, 0.25) is 0 Å². The summed E-state index contributed by atoms with van der Waals surface area (Å²) in [5.41, 5.74) is 4.50. The summed E-state index contributed by atoms with van der Waals surface area (Å²) < 4.78 is 5.63. The average Bonchev–Trinajstić information content (AvgIpc) is 2.95. The molecule has 0 saturated carbocycles. The Morgan fingerprint density at radius 2 is 2.00 bits per heavy atom. The van der Waals surface area contributed by atoms with Crippen LogP contribution in [0.15, 0.2) is 53.4 Å². The number of hydrogen-bond acceptors (Lipinski definition) is 6. The molecule has 2 aromatic rings. The summed E-state index contributed by atoms with van der Waals surface area (Å²) in [6, 6.07) is 14.0. The van der Waals surface area contributed by atoms with Crippen molar-refractivity contribution in [2.45, 2.75) is 13.3 Å². The minimum absolute atomic E-state index is 0.0475. The molecule has 9 heteroatoms. The van der Waals surface area contributed by atoms with Crippen LogP contribution in [-0.4, -0.2) is 38.8 Å². The van der Waals surface area contributed by atoms with Gasteiger partial charge in [-0.05, 0) is 54.5 Å². The molecule has 7 nitrogen and oxygen atoms in total. The van der Waals surface area contributed by atoms with Crippen molar-refractivity contribution in [3.8, 4) is 5.75 Å². The summed E-state index contributed by atoms with van der Waals surface area (Å²) >= 11 is 6.33. The second-order valence-electron chi connectivity index (χ2n) is 6.34. The van der Waals surface area contributed by atoms with Crippen LogP contribution in [0, 0.1) is 6.92 Å². The standard InChI is InChI=1S/C21H18N2O5S2/c1-13-5-2-3-8-16(13)19(26)22-23-20(27)17(30-21(23)29)12-14-6-4-7-15(11-14)28-10-9-18(24)25/h2-8,11-12H,9-10H2,1H3,(H,22,26)(H,24,25)/b17-12+. The lowest BCUT2D eigenvalue weighted by Crippen LogP contribution is -2.45. The van der Waals surface area contributed by atoms with Crippen LogP contribution in [0.3, 0.4) is 0 Å². The zero-order valence-electron chi connectivity index (χ0n) is 16.0. The van der Waals surface area contributed by atoms with E-state index >= 15 is 0 Å². The van der Waals surface area contributed by atoms with Gasteiger partial charge in [0.25, 0.3) is 11.8 Å². The number of hydrogen-bond donors (Lipinski definition) is 2. The van der Waals surface area contributed by atoms with Crippen LogP contribution in [0.4, 0.5) is 0 Å². The Hall–Kier alpha value is -3.17. The predicted molar refractivity (Wildman–Crippen MR) is 118 cm³/mol. The Morgan fingerprint density at radius 3 is 2.73 bits per heavy atom. The van der Waals surface area contributed by atoms with Crippen molar-refractivity contribution in [3.63, 3.8) is 0 Å². The van der Waals surface area contributed by atoms with Crippen LogP contribution < -0.4 is 10.2 Å². The first-order chi connectivity index (χ1) is 14.3. The van der Waals surface area contributed by atoms with Crippen molar-refractivity contribution in [1.29, 1.82) is 0 Å². The van der Waals surface area contributed by atoms with Crippen LogP contribution in [-0.2, 0) is 9.59 Å². The Morgan fingerprint density at radius 1 is 1.23 bits per heavy atom. The maximum Gasteiger partial charge on any atom is 0.306 e. The summed E-state index contributed by atoms with van der Waals surface area (Å²) in [5.74, 6) is -1.29. The fraction of sp³-hybridized carbons (Fsp3) is 0.143. The molecule has 2 N–H and O–H groups in total. The number of benzene rings is 2. The Bertz CT molecular complexity index is 1050. The molecule has 1 aliphatic rings. The number of rotatable bonds is 7. The van der Waals surface area contributed by atoms with Crippen LogP contribution in [0.1, 0.15) is 27.9 Å². The van der Waals surface area contributed by atoms with Crippen LogP contribution >= 0.6 is 24.0 Å². The topological polar surface area (TPSA) is 95.9 Å². The van der Waals surface area contributed by atoms with E-state index in [0.717, 1.165) is 22.3 Å². The highest BCUT2D eigenvalue weighted by Crippen LogP contribution is 2.32. The van der Waals surface area contributed by atoms with Gasteiger partial charge in [0.05, 0.1) is 17.9 Å². The number of carbonyl (C=O) groups excluding carboxylic acids is 2. The van der Waals surface area contributed by atoms with Gasteiger partial charge < -0.3 is 9.84 Å². The third-order valence-corrected chi connectivity index (χ3v) is 5.44. The lowest BCUT2D eigenvalue weighted by atomic mass is 10.1. The maximum atomic E-state index is 12.7. The number of carbonyl (C=O) groups is 3. The number of hydrazine groups is 1. The number of nitrogens with one attached hydrogen (secondary N) is 1. The van der Waals surface area contributed by atoms with E-state index < -0.39 is 17.8 Å². The fourth-order valence-electron chi connectivity index (χ4n) is 2.66. The van der Waals surface area contributed by atoms with E-state index in [1.807, 2.05) is 19.1 Å². The third kappa shape index (κ3) is 5.25. The molecule has 0 unspecified atom stereocenters. The van der Waals surface area contributed by atoms with Crippen LogP contribution in [0.25, 0.3) is 6.08 Å². The van der Waals surface area contributed by atoms with Crippen LogP contribution in [0.2, 0.25) is 0 Å². The normalized spacial score (nSPS) is 14.8. The fourth-order valence-corrected chi connectivity index (χ4v) is 3.83. The maximum absolute atomic E-state index is 12.7. The van der Waals surface area contributed by atoms with Crippen molar-refractivity contribution < 1.29 is 24.2 Å². The summed E-state index contributed by atoms with van der Waals surface area (Å²) in [5, 5.41) is 9.75. The summed E-state index contributed by atoms with van der Waals surface area (Å²) in [4.78, 5) is 36.2. The number of nitrogens with zero attached hydrogens (tertiary/aromatic N) is 1. The molecule has 154 valence electrons. The van der Waals surface area contributed by atoms with Gasteiger partial charge in [-0.25, -0.2) is 0 Å². The van der Waals surface area contributed by atoms with E-state index in [1.54, 1.807) is 42.5 Å². The molecule has 3 rings (SSSR count). The average molecular weight is 443 g/mol. The first-order valence-corrected chi connectivity index (χ1v) is 10.2. The Kier molecular flexibility index (Phi) is 6.86. The first-order valence-electron chi connectivity index (χ1n) is 8.94. The predicted octanol–water partition coefficient (Wildman–Crippen LogP) is 3.39. The number of amides is 2. The minimum atomic E-state index is -0.942. The van der Waals surface area contributed by atoms with Gasteiger partial charge in [-0.3, -0.25) is 19.8 Å². The number of carboxylic acid groups (broad SMARTS) is 1. The number of thiocarbonyl (C=S) groups is 1. The van der Waals surface area contributed by atoms with Gasteiger partial charge in [0.1, 0.15) is 5.75 Å². The van der Waals surface area contributed by atoms with Gasteiger partial charge in [-0.1, -0.05) is 42.1 Å². The number of aryl methyl sites for hydroxylation is 1. The highest BCUT2D eigenvalue weighted by atomic mass is 32.2. The molecular formula is C21H18N2O5S2. The Balaban J connectivity index is 1.71. The van der Waals surface area contributed by atoms with E-state index in [1.165, 1.54) is 0 Å². The quantitative estimate of drug-likeness (QED) is 0.501. The van der Waals surface area contributed by atoms with E-state index in [4.69, 9.17) is 22.1 Å². The Labute approximate surface area is 182 Å². The molecule has 0 spiro atoms. The van der Waals surface area contributed by atoms with Crippen molar-refractivity contribution in [1.82, 2.24) is 10.4 Å². The van der Waals surface area contributed by atoms with Crippen LogP contribution in [0.5, 0.6) is 5.75 Å². The van der Waals surface area contributed by atoms with Gasteiger partial charge in [-0.15, -0.1) is 0 Å². The lowest BCUT2D eigenvalue weighted by molar-refractivity contribution is -0.137. The highest BCUT2D eigenvalue weighted by molar-refractivity contribution is 8.26. The molecule has 1 aliphatic heterocycles. The van der Waals surface area contributed by atoms with E-state index in [-0.39, 0.29) is 17.3 Å². The SMILES string of the molecule is Cc1ccccc1C(=O)NN1C(=O)/C(=C\c2cccc(OCCC(=O)O)c2)SC1=S. The zero-order valence-corrected chi connectivity index (χ0v) is 17.6. The molecule has 2 aromatic carbocycles. The lowest BCUT2D eigenvalue weighted by Gasteiger charge is -2.16. The van der Waals surface area contributed by atoms with Crippen molar-refractivity contribution in [3.05, 3.63) is 70.1 Å². The molecule has 1 heterocycles. The molecule has 0 atom stereocenters. The van der Waals surface area contributed by atoms with E-state index in [9.17, 15) is 14.4 Å². The second-order valence-corrected chi connectivity index (χ2v) is 8.01. The molecule has 1 saturated heterocycles. The van der Waals surface area contributed by atoms with E-state index in [2.05, 4.69) is 5.43 Å². The summed E-state index contributed by atoms with van der Waals surface area (Å²) in [7, 11) is 0. The monoisotopic (exact) mass is 442 g/mol. The third-order valence-electron chi connectivity index (χ3n) is 4.14. The number of aliphatic carboxylic acids is 1. The highest BCUT2D eigenvalue weighted by Gasteiger charge is 2.34. The second kappa shape index (κ2) is 9.55. The van der Waals surface area contributed by atoms with Crippen molar-refractivity contribution in [2.24, 2.45) is 0 Å². The summed E-state index contributed by atoms with van der Waals surface area (Å²) in [6.07, 6.45) is 1.53. The van der Waals surface area contributed by atoms with Gasteiger partial charge >= 0.3 is 5.97 Å². The van der Waals surface area contributed by atoms with Crippen molar-refractivity contribution in [2.75, 3.05) is 6.61 Å². The molecule has 2 amide bonds. The van der Waals surface area contributed by atoms with Gasteiger partial charge in [0.15, 0.2) is 4.32 Å². The zero-order chi connectivity index (χ0) is 21.7. The largest absolute Gasteiger partial charge is 0.493 e. The number of thioether (sulfide) groups is 1. The molecular weight excluding hydrogens is 424 g/mol. The van der Waals surface area contributed by atoms with E-state index in [0.29, 0.717) is 21.8 Å². The number of ether oxygens (including phenoxy) is 1. The smallest absolute Gasteiger partial charge is 0.306 e. The molecule has 0 bridgehead atoms. The first kappa shape index (κ1) is 21.5. The molecule has 0 aliphatic carbocycles. The van der Waals surface area contributed by atoms with Gasteiger partial charge in [-0.2, -0.15) is 5.01 Å². The summed E-state index contributed by atoms with van der Waals surface area (Å²) in [6.45, 7) is 1.86. The molecule has 0 aromatic heterocycles. The minimum Gasteiger partial charge on any atom is -0.493 e. The van der Waals surface area contributed by atoms with Gasteiger partial charge in [0, 0.05) is 5.56 Å². The molecule has 30 heavy (non-hydrogen) atoms. The molecule has 0 radical (unpaired) electrons. The number of carboxylic acids is 1. The van der Waals surface area contributed by atoms with Crippen molar-refractivity contribution >= 4 is 52.2 Å².